The van der Waals surface area contributed by atoms with Crippen LogP contribution in [0.2, 0.25) is 0 Å². The molecule has 0 aliphatic carbocycles. The molecular weight excluding hydrogens is 196 g/mol. The van der Waals surface area contributed by atoms with Crippen LogP contribution in [0.1, 0.15) is 33.6 Å². The molecule has 0 aliphatic rings. The minimum atomic E-state index is -0.496. The number of carbonyl (C=O) groups is 2. The number of hydrogen-bond donors (Lipinski definition) is 0. The number of methoxy groups -OCH3 is 1. The molecule has 0 unspecified atom stereocenters. The van der Waals surface area contributed by atoms with Crippen molar-refractivity contribution in [2.75, 3.05) is 7.11 Å². The van der Waals surface area contributed by atoms with Crippen molar-refractivity contribution in [3.05, 3.63) is 12.2 Å². The van der Waals surface area contributed by atoms with Gasteiger partial charge in [0, 0.05) is 12.0 Å². The van der Waals surface area contributed by atoms with Crippen LogP contribution < -0.4 is 0 Å². The maximum atomic E-state index is 11.3. The molecule has 0 aromatic rings. The number of esters is 2. The van der Waals surface area contributed by atoms with E-state index in [0.29, 0.717) is 0 Å². The number of ether oxygens (including phenoxy) is 2. The summed E-state index contributed by atoms with van der Waals surface area (Å²) in [4.78, 5) is 22.2. The van der Waals surface area contributed by atoms with E-state index < -0.39 is 11.6 Å². The van der Waals surface area contributed by atoms with Gasteiger partial charge in [-0.15, -0.1) is 0 Å². The predicted molar refractivity (Wildman–Crippen MR) is 56.2 cm³/mol. The third kappa shape index (κ3) is 6.71. The van der Waals surface area contributed by atoms with Crippen molar-refractivity contribution >= 4 is 11.9 Å². The van der Waals surface area contributed by atoms with Crippen LogP contribution >= 0.6 is 0 Å². The van der Waals surface area contributed by atoms with E-state index >= 15 is 0 Å². The second-order valence-corrected chi connectivity index (χ2v) is 4.18. The zero-order valence-corrected chi connectivity index (χ0v) is 9.75. The number of carbonyl (C=O) groups excluding carboxylic acids is 2. The van der Waals surface area contributed by atoms with Gasteiger partial charge >= 0.3 is 11.9 Å². The summed E-state index contributed by atoms with van der Waals surface area (Å²) < 4.78 is 9.52. The Morgan fingerprint density at radius 2 is 1.73 bits per heavy atom. The smallest absolute Gasteiger partial charge is 0.333 e. The van der Waals surface area contributed by atoms with Crippen LogP contribution in [0.4, 0.5) is 0 Å². The van der Waals surface area contributed by atoms with Crippen LogP contribution in [0.15, 0.2) is 12.2 Å². The van der Waals surface area contributed by atoms with Gasteiger partial charge in [0.25, 0.3) is 0 Å². The van der Waals surface area contributed by atoms with Crippen molar-refractivity contribution in [1.29, 1.82) is 0 Å². The lowest BCUT2D eigenvalue weighted by Crippen LogP contribution is -2.23. The Hall–Kier alpha value is -1.32. The molecule has 0 aromatic heterocycles. The van der Waals surface area contributed by atoms with Gasteiger partial charge in [-0.05, 0) is 27.2 Å². The predicted octanol–water partition coefficient (Wildman–Crippen LogP) is 1.84. The summed E-state index contributed by atoms with van der Waals surface area (Å²) in [6.07, 6.45) is 0.410. The van der Waals surface area contributed by atoms with Crippen molar-refractivity contribution in [3.63, 3.8) is 0 Å². The maximum Gasteiger partial charge on any atom is 0.333 e. The maximum absolute atomic E-state index is 11.3. The second-order valence-electron chi connectivity index (χ2n) is 4.18. The number of rotatable bonds is 4. The van der Waals surface area contributed by atoms with E-state index in [1.807, 2.05) is 0 Å². The largest absolute Gasteiger partial charge is 0.466 e. The van der Waals surface area contributed by atoms with Gasteiger partial charge in [-0.3, -0.25) is 4.79 Å². The molecule has 0 radical (unpaired) electrons. The summed E-state index contributed by atoms with van der Waals surface area (Å²) >= 11 is 0. The lowest BCUT2D eigenvalue weighted by atomic mass is 10.1. The summed E-state index contributed by atoms with van der Waals surface area (Å²) in [6, 6.07) is 0. The zero-order chi connectivity index (χ0) is 12.1. The Morgan fingerprint density at radius 3 is 2.13 bits per heavy atom. The first-order valence-electron chi connectivity index (χ1n) is 4.74. The molecule has 0 N–H and O–H groups in total. The van der Waals surface area contributed by atoms with Crippen molar-refractivity contribution in [3.8, 4) is 0 Å². The average molecular weight is 214 g/mol. The van der Waals surface area contributed by atoms with Crippen LogP contribution in [0.3, 0.4) is 0 Å². The van der Waals surface area contributed by atoms with E-state index in [9.17, 15) is 9.59 Å². The molecule has 86 valence electrons. The highest BCUT2D eigenvalue weighted by Crippen LogP contribution is 2.11. The fraction of sp³-hybridized carbons (Fsp3) is 0.636. The normalized spacial score (nSPS) is 10.7. The summed E-state index contributed by atoms with van der Waals surface area (Å²) in [6.45, 7) is 8.89. The monoisotopic (exact) mass is 214 g/mol. The second kappa shape index (κ2) is 5.53. The molecule has 4 heteroatoms. The molecule has 0 atom stereocenters. The summed E-state index contributed by atoms with van der Waals surface area (Å²) in [5.41, 5.74) is -0.215. The topological polar surface area (TPSA) is 52.6 Å². The number of hydrogen-bond acceptors (Lipinski definition) is 4. The molecule has 0 heterocycles. The third-order valence-electron chi connectivity index (χ3n) is 1.52. The van der Waals surface area contributed by atoms with Crippen LogP contribution in [0.5, 0.6) is 0 Å². The summed E-state index contributed by atoms with van der Waals surface area (Å²) in [7, 11) is 1.28. The minimum Gasteiger partial charge on any atom is -0.466 e. The molecule has 0 rings (SSSR count). The van der Waals surface area contributed by atoms with Gasteiger partial charge in [0.15, 0.2) is 0 Å². The molecule has 0 bridgehead atoms. The van der Waals surface area contributed by atoms with Crippen LogP contribution in [-0.4, -0.2) is 24.6 Å². The quantitative estimate of drug-likeness (QED) is 0.529. The fourth-order valence-electron chi connectivity index (χ4n) is 0.892. The molecule has 0 aromatic carbocycles. The minimum absolute atomic E-state index is 0.144. The van der Waals surface area contributed by atoms with Gasteiger partial charge in [0.2, 0.25) is 0 Å². The van der Waals surface area contributed by atoms with Crippen molar-refractivity contribution in [2.24, 2.45) is 0 Å². The summed E-state index contributed by atoms with van der Waals surface area (Å²) in [5.74, 6) is -0.828. The van der Waals surface area contributed by atoms with Crippen LogP contribution in [0.25, 0.3) is 0 Å². The zero-order valence-electron chi connectivity index (χ0n) is 9.75. The molecule has 4 nitrogen and oxygen atoms in total. The fourth-order valence-corrected chi connectivity index (χ4v) is 0.892. The van der Waals surface area contributed by atoms with E-state index in [1.54, 1.807) is 20.8 Å². The molecule has 0 spiro atoms. The first-order chi connectivity index (χ1) is 6.76. The molecule has 0 aliphatic heterocycles. The van der Waals surface area contributed by atoms with Crippen LogP contribution in [0, 0.1) is 0 Å². The first kappa shape index (κ1) is 13.7. The lowest BCUT2D eigenvalue weighted by molar-refractivity contribution is -0.154. The molecule has 0 saturated heterocycles. The first-order valence-corrected chi connectivity index (χ1v) is 4.74. The SMILES string of the molecule is C=C(CCC(=O)OC(C)(C)C)C(=O)OC. The van der Waals surface area contributed by atoms with Crippen molar-refractivity contribution in [1.82, 2.24) is 0 Å². The summed E-state index contributed by atoms with van der Waals surface area (Å²) in [5, 5.41) is 0. The Kier molecular flexibility index (Phi) is 5.05. The van der Waals surface area contributed by atoms with E-state index in [1.165, 1.54) is 7.11 Å². The van der Waals surface area contributed by atoms with Gasteiger partial charge in [-0.2, -0.15) is 0 Å². The van der Waals surface area contributed by atoms with Crippen LogP contribution in [-0.2, 0) is 19.1 Å². The highest BCUT2D eigenvalue weighted by atomic mass is 16.6. The Labute approximate surface area is 90.2 Å². The Balaban J connectivity index is 3.92. The van der Waals surface area contributed by atoms with E-state index in [2.05, 4.69) is 11.3 Å². The third-order valence-corrected chi connectivity index (χ3v) is 1.52. The molecular formula is C11H18O4. The standard InChI is InChI=1S/C11H18O4/c1-8(10(13)14-5)6-7-9(12)15-11(2,3)4/h1,6-7H2,2-5H3. The van der Waals surface area contributed by atoms with Gasteiger partial charge < -0.3 is 9.47 Å². The van der Waals surface area contributed by atoms with E-state index in [4.69, 9.17) is 4.74 Å². The van der Waals surface area contributed by atoms with E-state index in [-0.39, 0.29) is 24.4 Å². The molecule has 15 heavy (non-hydrogen) atoms. The highest BCUT2D eigenvalue weighted by molar-refractivity contribution is 5.88. The average Bonchev–Trinajstić information content (AvgIpc) is 2.10. The van der Waals surface area contributed by atoms with Gasteiger partial charge in [0.05, 0.1) is 7.11 Å². The van der Waals surface area contributed by atoms with Gasteiger partial charge in [0.1, 0.15) is 5.60 Å². The lowest BCUT2D eigenvalue weighted by Gasteiger charge is -2.19. The van der Waals surface area contributed by atoms with Gasteiger partial charge in [-0.25, -0.2) is 4.79 Å². The van der Waals surface area contributed by atoms with Crippen molar-refractivity contribution < 1.29 is 19.1 Å². The molecule has 0 saturated carbocycles. The Morgan fingerprint density at radius 1 is 1.20 bits per heavy atom. The van der Waals surface area contributed by atoms with Crippen molar-refractivity contribution in [2.45, 2.75) is 39.2 Å². The van der Waals surface area contributed by atoms with Gasteiger partial charge in [-0.1, -0.05) is 6.58 Å². The highest BCUT2D eigenvalue weighted by Gasteiger charge is 2.17. The van der Waals surface area contributed by atoms with E-state index in [0.717, 1.165) is 0 Å². The molecule has 0 fully saturated rings. The molecule has 0 amide bonds. The Bertz CT molecular complexity index is 260.